The van der Waals surface area contributed by atoms with Gasteiger partial charge in [0.15, 0.2) is 5.43 Å². The van der Waals surface area contributed by atoms with Crippen LogP contribution in [0.25, 0.3) is 0 Å². The van der Waals surface area contributed by atoms with Crippen LogP contribution in [0.3, 0.4) is 0 Å². The fourth-order valence-corrected chi connectivity index (χ4v) is 1.51. The van der Waals surface area contributed by atoms with Crippen molar-refractivity contribution in [1.29, 1.82) is 5.26 Å². The minimum absolute atomic E-state index is 0.00943. The van der Waals surface area contributed by atoms with E-state index in [4.69, 9.17) is 5.26 Å². The van der Waals surface area contributed by atoms with Gasteiger partial charge in [0.25, 0.3) is 0 Å². The van der Waals surface area contributed by atoms with Gasteiger partial charge >= 0.3 is 0 Å². The Kier molecular flexibility index (Phi) is 2.84. The second-order valence-corrected chi connectivity index (χ2v) is 3.48. The molecule has 3 heteroatoms. The lowest BCUT2D eigenvalue weighted by Crippen LogP contribution is -2.05. The second kappa shape index (κ2) is 4.45. The van der Waals surface area contributed by atoms with E-state index < -0.39 is 0 Å². The zero-order valence-electron chi connectivity index (χ0n) is 8.63. The van der Waals surface area contributed by atoms with E-state index in [-0.39, 0.29) is 5.43 Å². The number of hydrogen-bond donors (Lipinski definition) is 0. The Bertz CT molecular complexity index is 573. The van der Waals surface area contributed by atoms with Gasteiger partial charge in [0.05, 0.1) is 11.6 Å². The third kappa shape index (κ3) is 2.18. The molecule has 2 rings (SSSR count). The lowest BCUT2D eigenvalue weighted by molar-refractivity contribution is 0.787. The van der Waals surface area contributed by atoms with Gasteiger partial charge in [-0.05, 0) is 11.6 Å². The summed E-state index contributed by atoms with van der Waals surface area (Å²) in [5.41, 5.74) is 1.61. The molecule has 0 aliphatic carbocycles. The summed E-state index contributed by atoms with van der Waals surface area (Å²) in [5, 5.41) is 8.93. The number of aromatic nitrogens is 1. The van der Waals surface area contributed by atoms with Gasteiger partial charge in [-0.3, -0.25) is 4.79 Å². The van der Waals surface area contributed by atoms with Crippen molar-refractivity contribution in [3.05, 3.63) is 70.1 Å². The lowest BCUT2D eigenvalue weighted by Gasteiger charge is -2.06. The average Bonchev–Trinajstić information content (AvgIpc) is 2.33. The molecule has 0 saturated carbocycles. The molecule has 0 radical (unpaired) electrons. The summed E-state index contributed by atoms with van der Waals surface area (Å²) in [6, 6.07) is 12.6. The number of hydrogen-bond acceptors (Lipinski definition) is 2. The van der Waals surface area contributed by atoms with Gasteiger partial charge in [-0.1, -0.05) is 18.2 Å². The third-order valence-electron chi connectivity index (χ3n) is 2.35. The first kappa shape index (κ1) is 10.2. The quantitative estimate of drug-likeness (QED) is 0.758. The average molecular weight is 210 g/mol. The van der Waals surface area contributed by atoms with Gasteiger partial charge in [0, 0.05) is 31.1 Å². The number of benzene rings is 1. The maximum absolute atomic E-state index is 10.9. The van der Waals surface area contributed by atoms with Crippen molar-refractivity contribution in [3.63, 3.8) is 0 Å². The monoisotopic (exact) mass is 210 g/mol. The molecule has 0 aliphatic heterocycles. The summed E-state index contributed by atoms with van der Waals surface area (Å²) in [4.78, 5) is 10.9. The smallest absolute Gasteiger partial charge is 0.181 e. The Labute approximate surface area is 93.2 Å². The summed E-state index contributed by atoms with van der Waals surface area (Å²) >= 11 is 0. The summed E-state index contributed by atoms with van der Waals surface area (Å²) in [7, 11) is 0. The highest BCUT2D eigenvalue weighted by molar-refractivity contribution is 5.37. The third-order valence-corrected chi connectivity index (χ3v) is 2.35. The Morgan fingerprint density at radius 1 is 1.12 bits per heavy atom. The molecule has 0 amide bonds. The minimum Gasteiger partial charge on any atom is -0.350 e. The van der Waals surface area contributed by atoms with E-state index in [1.54, 1.807) is 18.5 Å². The molecule has 1 heterocycles. The zero-order valence-corrected chi connectivity index (χ0v) is 8.63. The van der Waals surface area contributed by atoms with Crippen LogP contribution in [0.2, 0.25) is 0 Å². The molecule has 0 N–H and O–H groups in total. The molecule has 1 aromatic heterocycles. The summed E-state index contributed by atoms with van der Waals surface area (Å²) in [6.45, 7) is 0.601. The van der Waals surface area contributed by atoms with E-state index in [2.05, 4.69) is 6.07 Å². The number of nitriles is 1. The van der Waals surface area contributed by atoms with Crippen LogP contribution in [0.1, 0.15) is 11.1 Å². The van der Waals surface area contributed by atoms with Crippen molar-refractivity contribution in [2.24, 2.45) is 0 Å². The van der Waals surface area contributed by atoms with Gasteiger partial charge in [-0.2, -0.15) is 5.26 Å². The molecular weight excluding hydrogens is 200 g/mol. The molecule has 3 nitrogen and oxygen atoms in total. The second-order valence-electron chi connectivity index (χ2n) is 3.48. The van der Waals surface area contributed by atoms with Gasteiger partial charge in [-0.25, -0.2) is 0 Å². The van der Waals surface area contributed by atoms with Crippen LogP contribution in [-0.2, 0) is 6.54 Å². The van der Waals surface area contributed by atoms with Crippen LogP contribution >= 0.6 is 0 Å². The lowest BCUT2D eigenvalue weighted by atomic mass is 10.1. The minimum atomic E-state index is -0.00943. The van der Waals surface area contributed by atoms with E-state index in [9.17, 15) is 4.79 Å². The number of nitrogens with zero attached hydrogens (tertiary/aromatic N) is 2. The molecule has 78 valence electrons. The van der Waals surface area contributed by atoms with Crippen molar-refractivity contribution in [2.75, 3.05) is 0 Å². The summed E-state index contributed by atoms with van der Waals surface area (Å²) < 4.78 is 1.87. The molecular formula is C13H10N2O. The van der Waals surface area contributed by atoms with Crippen LogP contribution in [-0.4, -0.2) is 4.57 Å². The fourth-order valence-electron chi connectivity index (χ4n) is 1.51. The van der Waals surface area contributed by atoms with Gasteiger partial charge < -0.3 is 4.57 Å². The predicted molar refractivity (Wildman–Crippen MR) is 61.0 cm³/mol. The fraction of sp³-hybridized carbons (Fsp3) is 0.0769. The normalized spacial score (nSPS) is 9.69. The SMILES string of the molecule is N#Cc1ccccc1Cn1ccc(=O)cc1. The van der Waals surface area contributed by atoms with Crippen LogP contribution < -0.4 is 5.43 Å². The van der Waals surface area contributed by atoms with E-state index in [0.717, 1.165) is 5.56 Å². The van der Waals surface area contributed by atoms with Crippen molar-refractivity contribution in [3.8, 4) is 6.07 Å². The van der Waals surface area contributed by atoms with Crippen molar-refractivity contribution in [1.82, 2.24) is 4.57 Å². The highest BCUT2D eigenvalue weighted by atomic mass is 16.1. The molecule has 1 aromatic carbocycles. The van der Waals surface area contributed by atoms with Crippen LogP contribution in [0.4, 0.5) is 0 Å². The standard InChI is InChI=1S/C13H10N2O/c14-9-11-3-1-2-4-12(11)10-15-7-5-13(16)6-8-15/h1-8H,10H2. The van der Waals surface area contributed by atoms with Gasteiger partial charge in [0.2, 0.25) is 0 Å². The molecule has 0 saturated heterocycles. The molecule has 0 unspecified atom stereocenters. The van der Waals surface area contributed by atoms with Crippen LogP contribution in [0.5, 0.6) is 0 Å². The van der Waals surface area contributed by atoms with Gasteiger partial charge in [-0.15, -0.1) is 0 Å². The molecule has 16 heavy (non-hydrogen) atoms. The first-order valence-corrected chi connectivity index (χ1v) is 4.94. The first-order chi connectivity index (χ1) is 7.79. The Morgan fingerprint density at radius 2 is 1.81 bits per heavy atom. The summed E-state index contributed by atoms with van der Waals surface area (Å²) in [6.07, 6.45) is 3.44. The van der Waals surface area contributed by atoms with Crippen LogP contribution in [0, 0.1) is 11.3 Å². The Balaban J connectivity index is 2.31. The number of pyridine rings is 1. The highest BCUT2D eigenvalue weighted by Crippen LogP contribution is 2.08. The Hall–Kier alpha value is -2.34. The van der Waals surface area contributed by atoms with E-state index >= 15 is 0 Å². The van der Waals surface area contributed by atoms with E-state index in [0.29, 0.717) is 12.1 Å². The molecule has 0 spiro atoms. The Morgan fingerprint density at radius 3 is 2.50 bits per heavy atom. The predicted octanol–water partition coefficient (Wildman–Crippen LogP) is 1.77. The molecule has 0 aliphatic rings. The zero-order chi connectivity index (χ0) is 11.4. The topological polar surface area (TPSA) is 45.8 Å². The number of rotatable bonds is 2. The molecule has 0 fully saturated rings. The molecule has 0 bridgehead atoms. The van der Waals surface area contributed by atoms with Gasteiger partial charge in [0.1, 0.15) is 0 Å². The molecule has 0 atom stereocenters. The van der Waals surface area contributed by atoms with Crippen LogP contribution in [0.15, 0.2) is 53.6 Å². The summed E-state index contributed by atoms with van der Waals surface area (Å²) in [5.74, 6) is 0. The molecule has 2 aromatic rings. The van der Waals surface area contributed by atoms with E-state index in [1.165, 1.54) is 12.1 Å². The van der Waals surface area contributed by atoms with E-state index in [1.807, 2.05) is 22.8 Å². The van der Waals surface area contributed by atoms with Crippen molar-refractivity contribution >= 4 is 0 Å². The maximum Gasteiger partial charge on any atom is 0.181 e. The maximum atomic E-state index is 10.9. The van der Waals surface area contributed by atoms with Crippen molar-refractivity contribution in [2.45, 2.75) is 6.54 Å². The van der Waals surface area contributed by atoms with Crippen molar-refractivity contribution < 1.29 is 0 Å². The first-order valence-electron chi connectivity index (χ1n) is 4.94. The highest BCUT2D eigenvalue weighted by Gasteiger charge is 2.00. The largest absolute Gasteiger partial charge is 0.350 e.